The molecule has 2 fully saturated rings. The number of rotatable bonds is 2. The molecule has 2 aliphatic rings. The van der Waals surface area contributed by atoms with Gasteiger partial charge in [0.1, 0.15) is 0 Å². The molecule has 1 heteroatoms. The Morgan fingerprint density at radius 1 is 0.929 bits per heavy atom. The molecule has 0 aromatic heterocycles. The maximum atomic E-state index is 6.48. The molecule has 1 aromatic carbocycles. The molecule has 2 N–H and O–H groups in total. The predicted octanol–water partition coefficient (Wildman–Crippen LogP) is 2.60. The number of hydrogen-bond donors (Lipinski definition) is 1. The molecule has 0 bridgehead atoms. The Balaban J connectivity index is 1.98. The average Bonchev–Trinajstić information content (AvgIpc) is 2.97. The molecule has 1 aromatic rings. The van der Waals surface area contributed by atoms with Crippen molar-refractivity contribution in [3.8, 4) is 0 Å². The van der Waals surface area contributed by atoms with E-state index in [1.807, 2.05) is 0 Å². The van der Waals surface area contributed by atoms with E-state index in [-0.39, 0.29) is 5.54 Å². The first kappa shape index (κ1) is 8.49. The third-order valence-corrected chi connectivity index (χ3v) is 4.28. The van der Waals surface area contributed by atoms with E-state index in [0.29, 0.717) is 5.41 Å². The van der Waals surface area contributed by atoms with Crippen LogP contribution in [0.1, 0.15) is 37.7 Å². The van der Waals surface area contributed by atoms with E-state index < -0.39 is 0 Å². The van der Waals surface area contributed by atoms with E-state index in [2.05, 4.69) is 30.3 Å². The minimum Gasteiger partial charge on any atom is -0.324 e. The molecule has 0 amide bonds. The Labute approximate surface area is 85.3 Å². The standard InChI is InChI=1S/C13H17N/c14-13(7-4-8-13)12(9-10-12)11-5-2-1-3-6-11/h1-3,5-6H,4,7-10,14H2. The van der Waals surface area contributed by atoms with Crippen molar-refractivity contribution >= 4 is 0 Å². The molecule has 0 aliphatic heterocycles. The maximum Gasteiger partial charge on any atom is 0.0252 e. The fourth-order valence-corrected chi connectivity index (χ4v) is 2.99. The van der Waals surface area contributed by atoms with Crippen molar-refractivity contribution in [1.82, 2.24) is 0 Å². The fourth-order valence-electron chi connectivity index (χ4n) is 2.99. The lowest BCUT2D eigenvalue weighted by Crippen LogP contribution is -2.56. The van der Waals surface area contributed by atoms with Gasteiger partial charge in [0.2, 0.25) is 0 Å². The predicted molar refractivity (Wildman–Crippen MR) is 58.1 cm³/mol. The minimum absolute atomic E-state index is 0.133. The summed E-state index contributed by atoms with van der Waals surface area (Å²) in [6.07, 6.45) is 6.37. The smallest absolute Gasteiger partial charge is 0.0252 e. The van der Waals surface area contributed by atoms with Crippen LogP contribution in [0.4, 0.5) is 0 Å². The molecule has 0 heterocycles. The van der Waals surface area contributed by atoms with Crippen molar-refractivity contribution in [2.24, 2.45) is 5.73 Å². The second-order valence-electron chi connectivity index (χ2n) is 4.96. The van der Waals surface area contributed by atoms with Crippen LogP contribution in [0.3, 0.4) is 0 Å². The van der Waals surface area contributed by atoms with E-state index in [9.17, 15) is 0 Å². The van der Waals surface area contributed by atoms with Crippen LogP contribution in [-0.4, -0.2) is 5.54 Å². The van der Waals surface area contributed by atoms with Gasteiger partial charge >= 0.3 is 0 Å². The summed E-state index contributed by atoms with van der Waals surface area (Å²) in [6, 6.07) is 10.9. The summed E-state index contributed by atoms with van der Waals surface area (Å²) in [4.78, 5) is 0. The van der Waals surface area contributed by atoms with Gasteiger partial charge in [0.25, 0.3) is 0 Å². The second kappa shape index (κ2) is 2.60. The highest BCUT2D eigenvalue weighted by atomic mass is 14.9. The molecule has 1 nitrogen and oxygen atoms in total. The van der Waals surface area contributed by atoms with Crippen molar-refractivity contribution in [1.29, 1.82) is 0 Å². The van der Waals surface area contributed by atoms with Gasteiger partial charge in [-0.15, -0.1) is 0 Å². The first-order chi connectivity index (χ1) is 6.77. The van der Waals surface area contributed by atoms with Crippen LogP contribution >= 0.6 is 0 Å². The zero-order valence-corrected chi connectivity index (χ0v) is 8.50. The van der Waals surface area contributed by atoms with Crippen LogP contribution in [0.15, 0.2) is 30.3 Å². The van der Waals surface area contributed by atoms with E-state index in [1.165, 1.54) is 37.7 Å². The molecule has 0 atom stereocenters. The molecule has 0 radical (unpaired) electrons. The highest BCUT2D eigenvalue weighted by molar-refractivity contribution is 5.38. The lowest BCUT2D eigenvalue weighted by Gasteiger charge is -2.46. The first-order valence-corrected chi connectivity index (χ1v) is 5.61. The quantitative estimate of drug-likeness (QED) is 0.756. The second-order valence-corrected chi connectivity index (χ2v) is 4.96. The van der Waals surface area contributed by atoms with E-state index in [4.69, 9.17) is 5.73 Å². The van der Waals surface area contributed by atoms with Crippen molar-refractivity contribution in [3.63, 3.8) is 0 Å². The topological polar surface area (TPSA) is 26.0 Å². The van der Waals surface area contributed by atoms with Gasteiger partial charge in [0.05, 0.1) is 0 Å². The summed E-state index contributed by atoms with van der Waals surface area (Å²) in [7, 11) is 0. The summed E-state index contributed by atoms with van der Waals surface area (Å²) >= 11 is 0. The molecule has 2 aliphatic carbocycles. The Bertz CT molecular complexity index is 334. The Kier molecular flexibility index (Phi) is 1.58. The Hall–Kier alpha value is -0.820. The largest absolute Gasteiger partial charge is 0.324 e. The van der Waals surface area contributed by atoms with Gasteiger partial charge in [0.15, 0.2) is 0 Å². The molecule has 0 saturated heterocycles. The van der Waals surface area contributed by atoms with Crippen molar-refractivity contribution in [2.45, 2.75) is 43.1 Å². The fraction of sp³-hybridized carbons (Fsp3) is 0.538. The first-order valence-electron chi connectivity index (χ1n) is 5.61. The molecule has 14 heavy (non-hydrogen) atoms. The normalized spacial score (nSPS) is 26.6. The minimum atomic E-state index is 0.133. The highest BCUT2D eigenvalue weighted by Crippen LogP contribution is 2.60. The van der Waals surface area contributed by atoms with E-state index >= 15 is 0 Å². The molecule has 0 unspecified atom stereocenters. The molecule has 3 rings (SSSR count). The molecule has 2 saturated carbocycles. The summed E-state index contributed by atoms with van der Waals surface area (Å²) in [5.74, 6) is 0. The average molecular weight is 187 g/mol. The maximum absolute atomic E-state index is 6.48. The van der Waals surface area contributed by atoms with Crippen molar-refractivity contribution in [2.75, 3.05) is 0 Å². The van der Waals surface area contributed by atoms with Crippen molar-refractivity contribution in [3.05, 3.63) is 35.9 Å². The SMILES string of the molecule is NC1(C2(c3ccccc3)CC2)CCC1. The van der Waals surface area contributed by atoms with Crippen LogP contribution in [0.25, 0.3) is 0 Å². The zero-order chi connectivity index (χ0) is 9.65. The summed E-state index contributed by atoms with van der Waals surface area (Å²) in [5.41, 5.74) is 8.44. The molecule has 74 valence electrons. The van der Waals surface area contributed by atoms with Crippen LogP contribution in [-0.2, 0) is 5.41 Å². The Morgan fingerprint density at radius 2 is 1.57 bits per heavy atom. The van der Waals surface area contributed by atoms with Crippen LogP contribution in [0.2, 0.25) is 0 Å². The Morgan fingerprint density at radius 3 is 2.00 bits per heavy atom. The lowest BCUT2D eigenvalue weighted by molar-refractivity contribution is 0.185. The van der Waals surface area contributed by atoms with Gasteiger partial charge in [-0.05, 0) is 37.7 Å². The van der Waals surface area contributed by atoms with Gasteiger partial charge in [-0.1, -0.05) is 30.3 Å². The highest BCUT2D eigenvalue weighted by Gasteiger charge is 2.60. The van der Waals surface area contributed by atoms with Gasteiger partial charge in [-0.25, -0.2) is 0 Å². The zero-order valence-electron chi connectivity index (χ0n) is 8.50. The third-order valence-electron chi connectivity index (χ3n) is 4.28. The van der Waals surface area contributed by atoms with Gasteiger partial charge < -0.3 is 5.73 Å². The van der Waals surface area contributed by atoms with Gasteiger partial charge in [0, 0.05) is 11.0 Å². The third kappa shape index (κ3) is 0.936. The van der Waals surface area contributed by atoms with Crippen molar-refractivity contribution < 1.29 is 0 Å². The molecular formula is C13H17N. The number of hydrogen-bond acceptors (Lipinski definition) is 1. The lowest BCUT2D eigenvalue weighted by atomic mass is 9.64. The number of benzene rings is 1. The van der Waals surface area contributed by atoms with Gasteiger partial charge in [-0.3, -0.25) is 0 Å². The number of nitrogens with two attached hydrogens (primary N) is 1. The van der Waals surface area contributed by atoms with E-state index in [0.717, 1.165) is 0 Å². The summed E-state index contributed by atoms with van der Waals surface area (Å²) < 4.78 is 0. The van der Waals surface area contributed by atoms with Gasteiger partial charge in [-0.2, -0.15) is 0 Å². The summed E-state index contributed by atoms with van der Waals surface area (Å²) in [5, 5.41) is 0. The van der Waals surface area contributed by atoms with Crippen LogP contribution < -0.4 is 5.73 Å². The van der Waals surface area contributed by atoms with Crippen LogP contribution in [0, 0.1) is 0 Å². The molecule has 0 spiro atoms. The monoisotopic (exact) mass is 187 g/mol. The van der Waals surface area contributed by atoms with Crippen LogP contribution in [0.5, 0.6) is 0 Å². The van der Waals surface area contributed by atoms with E-state index in [1.54, 1.807) is 0 Å². The summed E-state index contributed by atoms with van der Waals surface area (Å²) in [6.45, 7) is 0. The molecular weight excluding hydrogens is 170 g/mol.